The minimum Gasteiger partial charge on any atom is -0.484 e. The van der Waals surface area contributed by atoms with Crippen molar-refractivity contribution >= 4 is 29.1 Å². The second-order valence-corrected chi connectivity index (χ2v) is 12.1. The lowest BCUT2D eigenvalue weighted by molar-refractivity contribution is 0.171. The number of aryl methyl sites for hydroxylation is 1. The van der Waals surface area contributed by atoms with E-state index in [1.807, 2.05) is 112 Å². The van der Waals surface area contributed by atoms with Crippen LogP contribution in [0.5, 0.6) is 5.75 Å². The molecule has 2 aromatic carbocycles. The number of anilines is 1. The van der Waals surface area contributed by atoms with Crippen LogP contribution in [0.1, 0.15) is 62.4 Å². The molecule has 0 aliphatic heterocycles. The lowest BCUT2D eigenvalue weighted by Crippen LogP contribution is -2.42. The fourth-order valence-corrected chi connectivity index (χ4v) is 4.95. The number of carbonyl (C=O) groups excluding carboxylic acids is 1. The molecule has 0 spiro atoms. The maximum absolute atomic E-state index is 13.3. The van der Waals surface area contributed by atoms with Gasteiger partial charge in [-0.05, 0) is 55.2 Å². The van der Waals surface area contributed by atoms with Gasteiger partial charge >= 0.3 is 6.03 Å². The maximum atomic E-state index is 13.3. The number of aromatic nitrogens is 3. The molecule has 4 N–H and O–H groups in total. The minimum atomic E-state index is -0.350. The largest absolute Gasteiger partial charge is 0.484 e. The molecule has 10 nitrogen and oxygen atoms in total. The van der Waals surface area contributed by atoms with Crippen molar-refractivity contribution in [3.63, 3.8) is 0 Å². The predicted octanol–water partition coefficient (Wildman–Crippen LogP) is 5.98. The summed E-state index contributed by atoms with van der Waals surface area (Å²) in [5, 5.41) is 14.6. The maximum Gasteiger partial charge on any atom is 0.320 e. The van der Waals surface area contributed by atoms with E-state index in [1.54, 1.807) is 6.08 Å². The van der Waals surface area contributed by atoms with Gasteiger partial charge in [0.2, 0.25) is 5.95 Å². The molecule has 1 aliphatic carbocycles. The molecule has 2 amide bonds. The van der Waals surface area contributed by atoms with E-state index in [-0.39, 0.29) is 23.6 Å². The van der Waals surface area contributed by atoms with Gasteiger partial charge < -0.3 is 20.7 Å². The van der Waals surface area contributed by atoms with Crippen LogP contribution in [-0.4, -0.2) is 40.6 Å². The van der Waals surface area contributed by atoms with Crippen molar-refractivity contribution in [2.75, 3.05) is 19.0 Å². The Balaban J connectivity index is 1.34. The third-order valence-corrected chi connectivity index (χ3v) is 7.46. The van der Waals surface area contributed by atoms with Gasteiger partial charge in [-0.3, -0.25) is 9.72 Å². The first-order valence-corrected chi connectivity index (χ1v) is 14.5. The smallest absolute Gasteiger partial charge is 0.320 e. The normalized spacial score (nSPS) is 17.3. The number of urea groups is 1. The van der Waals surface area contributed by atoms with E-state index in [1.165, 1.54) is 0 Å². The zero-order valence-corrected chi connectivity index (χ0v) is 25.6. The summed E-state index contributed by atoms with van der Waals surface area (Å²) >= 11 is 0. The fourth-order valence-electron chi connectivity index (χ4n) is 4.95. The Hall–Kier alpha value is -4.86. The summed E-state index contributed by atoms with van der Waals surface area (Å²) in [5.41, 5.74) is 11.4. The topological polar surface area (TPSA) is 122 Å². The van der Waals surface area contributed by atoms with Gasteiger partial charge in [-0.15, -0.1) is 10.2 Å². The summed E-state index contributed by atoms with van der Waals surface area (Å²) in [5.74, 6) is 1.82. The van der Waals surface area contributed by atoms with Gasteiger partial charge in [0.25, 0.3) is 0 Å². The average Bonchev–Trinajstić information content (AvgIpc) is 3.39. The van der Waals surface area contributed by atoms with Crippen molar-refractivity contribution in [1.82, 2.24) is 25.2 Å². The van der Waals surface area contributed by atoms with Gasteiger partial charge in [0.15, 0.2) is 5.65 Å². The van der Waals surface area contributed by atoms with E-state index in [0.29, 0.717) is 18.0 Å². The molecule has 1 aliphatic rings. The lowest BCUT2D eigenvalue weighted by Gasteiger charge is -2.32. The van der Waals surface area contributed by atoms with Crippen molar-refractivity contribution in [3.05, 3.63) is 95.3 Å². The Morgan fingerprint density at radius 1 is 1.05 bits per heavy atom. The molecule has 2 aromatic heterocycles. The first-order valence-electron chi connectivity index (χ1n) is 14.5. The number of nitrogens with one attached hydrogen (secondary N) is 2. The number of amides is 2. The number of aliphatic imine (C=N–C) groups is 1. The first-order chi connectivity index (χ1) is 20.5. The number of hydrogen-bond donors (Lipinski definition) is 3. The second-order valence-electron chi connectivity index (χ2n) is 12.1. The van der Waals surface area contributed by atoms with Crippen molar-refractivity contribution in [1.29, 1.82) is 0 Å². The molecule has 5 rings (SSSR count). The number of hydrogen-bond acceptors (Lipinski definition) is 7. The third-order valence-electron chi connectivity index (χ3n) is 7.46. The van der Waals surface area contributed by atoms with Crippen LogP contribution >= 0.6 is 0 Å². The van der Waals surface area contributed by atoms with Crippen LogP contribution in [0.15, 0.2) is 83.6 Å². The molecule has 0 saturated heterocycles. The van der Waals surface area contributed by atoms with Crippen LogP contribution in [0.25, 0.3) is 5.65 Å². The number of allylic oxidation sites excluding steroid dienone is 1. The second kappa shape index (κ2) is 12.2. The minimum absolute atomic E-state index is 0.165. The van der Waals surface area contributed by atoms with Gasteiger partial charge in [0, 0.05) is 31.3 Å². The summed E-state index contributed by atoms with van der Waals surface area (Å²) in [6.07, 6.45) is 4.91. The van der Waals surface area contributed by atoms with Crippen LogP contribution < -0.4 is 26.0 Å². The first kappa shape index (κ1) is 29.6. The molecule has 2 atom stereocenters. The number of benzene rings is 2. The van der Waals surface area contributed by atoms with Crippen LogP contribution in [0.3, 0.4) is 0 Å². The molecule has 0 radical (unpaired) electrons. The van der Waals surface area contributed by atoms with Crippen LogP contribution in [-0.2, 0) is 0 Å². The van der Waals surface area contributed by atoms with E-state index >= 15 is 0 Å². The number of amidine groups is 1. The molecule has 0 unspecified atom stereocenters. The van der Waals surface area contributed by atoms with Crippen LogP contribution in [0, 0.1) is 12.3 Å². The van der Waals surface area contributed by atoms with E-state index in [2.05, 4.69) is 31.9 Å². The van der Waals surface area contributed by atoms with E-state index in [4.69, 9.17) is 10.5 Å². The summed E-state index contributed by atoms with van der Waals surface area (Å²) in [6, 6.07) is 19.1. The number of nitrogens with two attached hydrogens (primary N) is 1. The number of carbonyl (C=O) groups is 1. The van der Waals surface area contributed by atoms with Gasteiger partial charge in [-0.2, -0.15) is 0 Å². The molecular weight excluding hydrogens is 540 g/mol. The van der Waals surface area contributed by atoms with E-state index in [9.17, 15) is 4.79 Å². The highest BCUT2D eigenvalue weighted by molar-refractivity contribution is 6.05. The number of rotatable bonds is 6. The number of nitrogens with zero attached hydrogens (tertiary/aromatic N) is 5. The van der Waals surface area contributed by atoms with Gasteiger partial charge in [-0.25, -0.2) is 9.79 Å². The Morgan fingerprint density at radius 2 is 1.77 bits per heavy atom. The third kappa shape index (κ3) is 6.97. The SMILES string of the molecule is Cc1ccc(N=C(C=C(N)C(C)(C)C)NC(=O)N[C@H]2CC[C@@H](Oc3ccc4nnc(N(C)C)n4c3)c3ccccc32)cc1. The van der Waals surface area contributed by atoms with Gasteiger partial charge in [0.1, 0.15) is 17.7 Å². The fraction of sp³-hybridized carbons (Fsp3) is 0.333. The average molecular weight is 581 g/mol. The molecule has 10 heteroatoms. The Morgan fingerprint density at radius 3 is 2.47 bits per heavy atom. The molecule has 0 bridgehead atoms. The molecule has 224 valence electrons. The Bertz CT molecular complexity index is 1660. The zero-order valence-electron chi connectivity index (χ0n) is 25.6. The van der Waals surface area contributed by atoms with Crippen molar-refractivity contribution in [2.45, 2.75) is 52.7 Å². The monoisotopic (exact) mass is 580 g/mol. The van der Waals surface area contributed by atoms with Gasteiger partial charge in [-0.1, -0.05) is 62.7 Å². The number of pyridine rings is 1. The molecule has 2 heterocycles. The summed E-state index contributed by atoms with van der Waals surface area (Å²) in [6.45, 7) is 8.08. The quantitative estimate of drug-likeness (QED) is 0.191. The van der Waals surface area contributed by atoms with Crippen LogP contribution in [0.2, 0.25) is 0 Å². The highest BCUT2D eigenvalue weighted by atomic mass is 16.5. The molecular formula is C33H40N8O2. The van der Waals surface area contributed by atoms with Gasteiger partial charge in [0.05, 0.1) is 17.9 Å². The zero-order chi connectivity index (χ0) is 30.7. The van der Waals surface area contributed by atoms with Crippen molar-refractivity contribution in [2.24, 2.45) is 16.1 Å². The van der Waals surface area contributed by atoms with Crippen LogP contribution in [0.4, 0.5) is 16.4 Å². The molecule has 0 fully saturated rings. The Kier molecular flexibility index (Phi) is 8.38. The van der Waals surface area contributed by atoms with E-state index < -0.39 is 0 Å². The highest BCUT2D eigenvalue weighted by Gasteiger charge is 2.30. The molecule has 0 saturated carbocycles. The molecule has 4 aromatic rings. The number of fused-ring (bicyclic) bond motifs is 2. The summed E-state index contributed by atoms with van der Waals surface area (Å²) < 4.78 is 8.41. The standard InChI is InChI=1S/C33H40N8O2/c1-21-11-13-22(14-12-21)35-29(19-28(34)33(2,3)4)37-31(42)36-26-16-17-27(25-10-8-7-9-24(25)26)43-23-15-18-30-38-39-32(40(5)6)41(30)20-23/h7-15,18-20,26-27H,16-17,34H2,1-6H3,(H2,35,36,37,42)/t26-,27+/m0/s1. The predicted molar refractivity (Wildman–Crippen MR) is 171 cm³/mol. The molecule has 43 heavy (non-hydrogen) atoms. The summed E-state index contributed by atoms with van der Waals surface area (Å²) in [4.78, 5) is 19.9. The highest BCUT2D eigenvalue weighted by Crippen LogP contribution is 2.39. The van der Waals surface area contributed by atoms with E-state index in [0.717, 1.165) is 46.1 Å². The summed E-state index contributed by atoms with van der Waals surface area (Å²) in [7, 11) is 3.86. The number of ether oxygens (including phenoxy) is 1. The van der Waals surface area contributed by atoms with Crippen molar-refractivity contribution in [3.8, 4) is 5.75 Å². The Labute approximate surface area is 252 Å². The lowest BCUT2D eigenvalue weighted by atomic mass is 9.85. The van der Waals surface area contributed by atoms with Crippen molar-refractivity contribution < 1.29 is 9.53 Å².